The number of carboxylic acid groups (broad SMARTS) is 1. The lowest BCUT2D eigenvalue weighted by Crippen LogP contribution is -2.30. The average molecular weight is 320 g/mol. The minimum atomic E-state index is -1.06. The first-order valence-corrected chi connectivity index (χ1v) is 6.90. The van der Waals surface area contributed by atoms with Crippen molar-refractivity contribution < 1.29 is 19.4 Å². The second-order valence-corrected chi connectivity index (χ2v) is 4.97. The smallest absolute Gasteiger partial charge is 0.335 e. The molecular weight excluding hydrogens is 306 g/mol. The standard InChI is InChI=1S/C16H14ClNO4/c1-10(22-14-8-3-2-7-13(14)17)15(19)18-12-6-4-5-11(9-12)16(20)21/h2-10H,1H3,(H,18,19)(H,20,21)/t10-/m0/s1. The van der Waals surface area contributed by atoms with Gasteiger partial charge in [-0.05, 0) is 37.3 Å². The minimum absolute atomic E-state index is 0.0949. The summed E-state index contributed by atoms with van der Waals surface area (Å²) in [6.07, 6.45) is -0.784. The van der Waals surface area contributed by atoms with Crippen molar-refractivity contribution in [3.8, 4) is 5.75 Å². The van der Waals surface area contributed by atoms with Crippen LogP contribution in [0.25, 0.3) is 0 Å². The fourth-order valence-electron chi connectivity index (χ4n) is 1.76. The van der Waals surface area contributed by atoms with Gasteiger partial charge in [0.15, 0.2) is 6.10 Å². The fraction of sp³-hybridized carbons (Fsp3) is 0.125. The molecule has 0 bridgehead atoms. The Kier molecular flexibility index (Phi) is 5.01. The number of aromatic carboxylic acids is 1. The average Bonchev–Trinajstić information content (AvgIpc) is 2.49. The zero-order chi connectivity index (χ0) is 16.1. The second-order valence-electron chi connectivity index (χ2n) is 4.57. The number of amides is 1. The minimum Gasteiger partial charge on any atom is -0.479 e. The molecule has 0 unspecified atom stereocenters. The van der Waals surface area contributed by atoms with Crippen LogP contribution >= 0.6 is 11.6 Å². The van der Waals surface area contributed by atoms with Crippen LogP contribution in [0.3, 0.4) is 0 Å². The highest BCUT2D eigenvalue weighted by atomic mass is 35.5. The van der Waals surface area contributed by atoms with E-state index in [2.05, 4.69) is 5.32 Å². The van der Waals surface area contributed by atoms with E-state index in [1.54, 1.807) is 43.3 Å². The number of anilines is 1. The summed E-state index contributed by atoms with van der Waals surface area (Å²) < 4.78 is 5.50. The third-order valence-corrected chi connectivity index (χ3v) is 3.20. The second kappa shape index (κ2) is 6.95. The lowest BCUT2D eigenvalue weighted by atomic mass is 10.2. The van der Waals surface area contributed by atoms with Crippen molar-refractivity contribution >= 4 is 29.2 Å². The van der Waals surface area contributed by atoms with Gasteiger partial charge in [0, 0.05) is 5.69 Å². The number of carbonyl (C=O) groups is 2. The van der Waals surface area contributed by atoms with Crippen molar-refractivity contribution in [1.29, 1.82) is 0 Å². The molecule has 2 N–H and O–H groups in total. The molecule has 0 aliphatic rings. The Hall–Kier alpha value is -2.53. The van der Waals surface area contributed by atoms with Crippen LogP contribution in [0.1, 0.15) is 17.3 Å². The number of carbonyl (C=O) groups excluding carboxylic acids is 1. The highest BCUT2D eigenvalue weighted by molar-refractivity contribution is 6.32. The molecule has 2 aromatic carbocycles. The van der Waals surface area contributed by atoms with Gasteiger partial charge in [-0.25, -0.2) is 4.79 Å². The summed E-state index contributed by atoms with van der Waals surface area (Å²) in [5, 5.41) is 11.9. The SMILES string of the molecule is C[C@H](Oc1ccccc1Cl)C(=O)Nc1cccc(C(=O)O)c1. The topological polar surface area (TPSA) is 75.6 Å². The Labute approximate surface area is 132 Å². The number of benzene rings is 2. The monoisotopic (exact) mass is 319 g/mol. The van der Waals surface area contributed by atoms with Crippen LogP contribution in [0.5, 0.6) is 5.75 Å². The molecule has 1 amide bonds. The summed E-state index contributed by atoms with van der Waals surface area (Å²) in [7, 11) is 0. The van der Waals surface area contributed by atoms with Gasteiger partial charge in [-0.2, -0.15) is 0 Å². The number of hydrogen-bond donors (Lipinski definition) is 2. The van der Waals surface area contributed by atoms with E-state index in [1.807, 2.05) is 0 Å². The molecule has 0 saturated carbocycles. The van der Waals surface area contributed by atoms with Gasteiger partial charge in [-0.1, -0.05) is 29.8 Å². The van der Waals surface area contributed by atoms with E-state index in [-0.39, 0.29) is 5.56 Å². The van der Waals surface area contributed by atoms with E-state index in [1.165, 1.54) is 12.1 Å². The van der Waals surface area contributed by atoms with Crippen molar-refractivity contribution in [3.63, 3.8) is 0 Å². The molecule has 22 heavy (non-hydrogen) atoms. The molecular formula is C16H14ClNO4. The number of carboxylic acids is 1. The molecule has 0 fully saturated rings. The predicted molar refractivity (Wildman–Crippen MR) is 83.6 cm³/mol. The Bertz CT molecular complexity index is 702. The number of nitrogens with one attached hydrogen (secondary N) is 1. The van der Waals surface area contributed by atoms with Crippen molar-refractivity contribution in [2.75, 3.05) is 5.32 Å². The third kappa shape index (κ3) is 3.99. The molecule has 0 radical (unpaired) electrons. The van der Waals surface area contributed by atoms with Gasteiger partial charge in [-0.15, -0.1) is 0 Å². The molecule has 0 spiro atoms. The third-order valence-electron chi connectivity index (χ3n) is 2.89. The number of para-hydroxylation sites is 1. The largest absolute Gasteiger partial charge is 0.479 e. The van der Waals surface area contributed by atoms with Crippen molar-refractivity contribution in [2.24, 2.45) is 0 Å². The summed E-state index contributed by atoms with van der Waals surface area (Å²) in [4.78, 5) is 23.0. The molecule has 0 heterocycles. The van der Waals surface area contributed by atoms with Gasteiger partial charge >= 0.3 is 5.97 Å². The zero-order valence-corrected chi connectivity index (χ0v) is 12.5. The van der Waals surface area contributed by atoms with Gasteiger partial charge in [0.05, 0.1) is 10.6 Å². The maximum absolute atomic E-state index is 12.1. The normalized spacial score (nSPS) is 11.5. The van der Waals surface area contributed by atoms with E-state index >= 15 is 0 Å². The first-order valence-electron chi connectivity index (χ1n) is 6.53. The first kappa shape index (κ1) is 15.9. The molecule has 0 saturated heterocycles. The summed E-state index contributed by atoms with van der Waals surface area (Å²) in [5.41, 5.74) is 0.483. The van der Waals surface area contributed by atoms with Crippen LogP contribution in [0.15, 0.2) is 48.5 Å². The molecule has 6 heteroatoms. The van der Waals surface area contributed by atoms with E-state index in [0.29, 0.717) is 16.5 Å². The highest BCUT2D eigenvalue weighted by Gasteiger charge is 2.16. The van der Waals surface area contributed by atoms with Crippen LogP contribution in [0.2, 0.25) is 5.02 Å². The molecule has 0 aliphatic carbocycles. The van der Waals surface area contributed by atoms with E-state index < -0.39 is 18.0 Å². The van der Waals surface area contributed by atoms with Crippen molar-refractivity contribution in [2.45, 2.75) is 13.0 Å². The van der Waals surface area contributed by atoms with Crippen LogP contribution in [-0.2, 0) is 4.79 Å². The van der Waals surface area contributed by atoms with E-state index in [9.17, 15) is 9.59 Å². The van der Waals surface area contributed by atoms with Crippen molar-refractivity contribution in [1.82, 2.24) is 0 Å². The Morgan fingerprint density at radius 3 is 2.59 bits per heavy atom. The van der Waals surface area contributed by atoms with Gasteiger partial charge in [-0.3, -0.25) is 4.79 Å². The molecule has 0 aliphatic heterocycles. The molecule has 2 rings (SSSR count). The predicted octanol–water partition coefficient (Wildman–Crippen LogP) is 3.44. The van der Waals surface area contributed by atoms with Gasteiger partial charge in [0.1, 0.15) is 5.75 Å². The summed E-state index contributed by atoms with van der Waals surface area (Å²) >= 11 is 5.97. The van der Waals surface area contributed by atoms with Crippen LogP contribution in [0.4, 0.5) is 5.69 Å². The van der Waals surface area contributed by atoms with Gasteiger partial charge < -0.3 is 15.2 Å². The van der Waals surface area contributed by atoms with E-state index in [4.69, 9.17) is 21.4 Å². The quantitative estimate of drug-likeness (QED) is 0.885. The van der Waals surface area contributed by atoms with Crippen LogP contribution < -0.4 is 10.1 Å². The van der Waals surface area contributed by atoms with Crippen molar-refractivity contribution in [3.05, 3.63) is 59.1 Å². The fourth-order valence-corrected chi connectivity index (χ4v) is 1.94. The first-order chi connectivity index (χ1) is 10.5. The highest BCUT2D eigenvalue weighted by Crippen LogP contribution is 2.24. The number of ether oxygens (including phenoxy) is 1. The Balaban J connectivity index is 2.04. The van der Waals surface area contributed by atoms with Crippen LogP contribution in [0, 0.1) is 0 Å². The molecule has 114 valence electrons. The van der Waals surface area contributed by atoms with Gasteiger partial charge in [0.25, 0.3) is 5.91 Å². The Morgan fingerprint density at radius 1 is 1.18 bits per heavy atom. The lowest BCUT2D eigenvalue weighted by molar-refractivity contribution is -0.122. The number of rotatable bonds is 5. The Morgan fingerprint density at radius 2 is 1.91 bits per heavy atom. The van der Waals surface area contributed by atoms with E-state index in [0.717, 1.165) is 0 Å². The number of hydrogen-bond acceptors (Lipinski definition) is 3. The maximum atomic E-state index is 12.1. The number of halogens is 1. The lowest BCUT2D eigenvalue weighted by Gasteiger charge is -2.15. The van der Waals surface area contributed by atoms with Gasteiger partial charge in [0.2, 0.25) is 0 Å². The molecule has 1 atom stereocenters. The summed E-state index contributed by atoms with van der Waals surface area (Å²) in [6, 6.07) is 12.8. The molecule has 2 aromatic rings. The summed E-state index contributed by atoms with van der Waals surface area (Å²) in [5.74, 6) is -1.05. The zero-order valence-electron chi connectivity index (χ0n) is 11.7. The molecule has 0 aromatic heterocycles. The van der Waals surface area contributed by atoms with Crippen LogP contribution in [-0.4, -0.2) is 23.1 Å². The summed E-state index contributed by atoms with van der Waals surface area (Å²) in [6.45, 7) is 1.58. The maximum Gasteiger partial charge on any atom is 0.335 e. The molecule has 5 nitrogen and oxygen atoms in total.